The third kappa shape index (κ3) is 4.76. The van der Waals surface area contributed by atoms with Crippen molar-refractivity contribution in [2.75, 3.05) is 0 Å². The Morgan fingerprint density at radius 1 is 1.05 bits per heavy atom. The van der Waals surface area contributed by atoms with E-state index in [9.17, 15) is 4.39 Å². The normalized spacial score (nSPS) is 14.4. The standard InChI is InChI=1S/C16H28ClFN2/c1-4-6-8-10-12-16(3,11-9-7-5-2)13-14(17)19-20-15(13)18/h4-12H2,1-3H3,(H,19,20). The van der Waals surface area contributed by atoms with Gasteiger partial charge in [0, 0.05) is 5.41 Å². The molecule has 4 heteroatoms. The van der Waals surface area contributed by atoms with E-state index in [1.54, 1.807) is 0 Å². The predicted molar refractivity (Wildman–Crippen MR) is 83.8 cm³/mol. The molecule has 0 aliphatic heterocycles. The van der Waals surface area contributed by atoms with E-state index in [1.165, 1.54) is 32.1 Å². The zero-order valence-corrected chi connectivity index (χ0v) is 13.8. The highest BCUT2D eigenvalue weighted by Crippen LogP contribution is 2.39. The first-order valence-electron chi connectivity index (χ1n) is 7.95. The van der Waals surface area contributed by atoms with E-state index in [0.717, 1.165) is 25.7 Å². The summed E-state index contributed by atoms with van der Waals surface area (Å²) in [5.74, 6) is -0.426. The molecule has 1 aromatic heterocycles. The Balaban J connectivity index is 2.77. The summed E-state index contributed by atoms with van der Waals surface area (Å²) < 4.78 is 14.0. The van der Waals surface area contributed by atoms with Crippen molar-refractivity contribution in [1.82, 2.24) is 10.2 Å². The zero-order chi connectivity index (χ0) is 15.0. The van der Waals surface area contributed by atoms with Crippen molar-refractivity contribution >= 4 is 11.6 Å². The Kier molecular flexibility index (Phi) is 7.57. The fraction of sp³-hybridized carbons (Fsp3) is 0.812. The first kappa shape index (κ1) is 17.5. The van der Waals surface area contributed by atoms with E-state index in [2.05, 4.69) is 31.0 Å². The summed E-state index contributed by atoms with van der Waals surface area (Å²) in [5, 5.41) is 6.58. The molecular weight excluding hydrogens is 275 g/mol. The monoisotopic (exact) mass is 302 g/mol. The highest BCUT2D eigenvalue weighted by Gasteiger charge is 2.33. The molecule has 0 fully saturated rings. The fourth-order valence-corrected chi connectivity index (χ4v) is 3.24. The number of nitrogens with zero attached hydrogens (tertiary/aromatic N) is 1. The SMILES string of the molecule is CCCCCCC(C)(CCCCC)c1c(F)n[nH]c1Cl. The zero-order valence-electron chi connectivity index (χ0n) is 13.1. The Hall–Kier alpha value is -0.570. The molecule has 0 spiro atoms. The van der Waals surface area contributed by atoms with Crippen LogP contribution in [0, 0.1) is 5.95 Å². The van der Waals surface area contributed by atoms with Gasteiger partial charge >= 0.3 is 0 Å². The molecule has 0 aromatic carbocycles. The van der Waals surface area contributed by atoms with E-state index >= 15 is 0 Å². The van der Waals surface area contributed by atoms with Crippen LogP contribution >= 0.6 is 11.6 Å². The van der Waals surface area contributed by atoms with E-state index < -0.39 is 5.95 Å². The Morgan fingerprint density at radius 3 is 2.10 bits per heavy atom. The van der Waals surface area contributed by atoms with Gasteiger partial charge in [-0.05, 0) is 12.8 Å². The summed E-state index contributed by atoms with van der Waals surface area (Å²) in [6, 6.07) is 0. The van der Waals surface area contributed by atoms with E-state index in [-0.39, 0.29) is 5.41 Å². The van der Waals surface area contributed by atoms with Gasteiger partial charge in [0.05, 0.1) is 5.56 Å². The van der Waals surface area contributed by atoms with Crippen LogP contribution in [0.1, 0.15) is 84.1 Å². The molecular formula is C16H28ClFN2. The Morgan fingerprint density at radius 2 is 1.60 bits per heavy atom. The Labute approximate surface area is 127 Å². The second-order valence-corrected chi connectivity index (χ2v) is 6.41. The summed E-state index contributed by atoms with van der Waals surface area (Å²) in [7, 11) is 0. The molecule has 0 saturated heterocycles. The van der Waals surface area contributed by atoms with Crippen LogP contribution < -0.4 is 0 Å². The highest BCUT2D eigenvalue weighted by molar-refractivity contribution is 6.30. The number of halogens is 2. The third-order valence-corrected chi connectivity index (χ3v) is 4.47. The molecule has 1 N–H and O–H groups in total. The molecule has 0 saturated carbocycles. The molecule has 1 rings (SSSR count). The third-order valence-electron chi connectivity index (χ3n) is 4.20. The van der Waals surface area contributed by atoms with Gasteiger partial charge in [-0.25, -0.2) is 0 Å². The van der Waals surface area contributed by atoms with Crippen molar-refractivity contribution in [1.29, 1.82) is 0 Å². The number of H-pyrrole nitrogens is 1. The van der Waals surface area contributed by atoms with Crippen LogP contribution in [0.15, 0.2) is 0 Å². The van der Waals surface area contributed by atoms with Gasteiger partial charge in [-0.3, -0.25) is 5.10 Å². The molecule has 116 valence electrons. The van der Waals surface area contributed by atoms with Crippen LogP contribution in [0.25, 0.3) is 0 Å². The largest absolute Gasteiger partial charge is 0.264 e. The van der Waals surface area contributed by atoms with Gasteiger partial charge in [0.2, 0.25) is 5.95 Å². The van der Waals surface area contributed by atoms with Crippen LogP contribution in [0.3, 0.4) is 0 Å². The molecule has 0 aliphatic rings. The van der Waals surface area contributed by atoms with Gasteiger partial charge in [0.15, 0.2) is 0 Å². The molecule has 1 aromatic rings. The maximum atomic E-state index is 14.0. The van der Waals surface area contributed by atoms with Gasteiger partial charge in [0.25, 0.3) is 0 Å². The van der Waals surface area contributed by atoms with Crippen molar-refractivity contribution < 1.29 is 4.39 Å². The van der Waals surface area contributed by atoms with Gasteiger partial charge in [-0.15, -0.1) is 5.10 Å². The van der Waals surface area contributed by atoms with Crippen LogP contribution in [-0.2, 0) is 5.41 Å². The average molecular weight is 303 g/mol. The summed E-state index contributed by atoms with van der Waals surface area (Å²) >= 11 is 6.12. The molecule has 0 aliphatic carbocycles. The molecule has 2 nitrogen and oxygen atoms in total. The number of aromatic amines is 1. The topological polar surface area (TPSA) is 28.7 Å². The summed E-state index contributed by atoms with van der Waals surface area (Å²) in [4.78, 5) is 0. The second kappa shape index (κ2) is 8.66. The first-order valence-corrected chi connectivity index (χ1v) is 8.32. The van der Waals surface area contributed by atoms with Crippen LogP contribution in [0.2, 0.25) is 5.15 Å². The average Bonchev–Trinajstić information content (AvgIpc) is 2.75. The number of unbranched alkanes of at least 4 members (excludes halogenated alkanes) is 5. The highest BCUT2D eigenvalue weighted by atomic mass is 35.5. The molecule has 0 radical (unpaired) electrons. The summed E-state index contributed by atoms with van der Waals surface area (Å²) in [6.07, 6.45) is 10.2. The maximum Gasteiger partial charge on any atom is 0.237 e. The van der Waals surface area contributed by atoms with Crippen molar-refractivity contribution in [2.24, 2.45) is 0 Å². The van der Waals surface area contributed by atoms with E-state index in [0.29, 0.717) is 10.7 Å². The fourth-order valence-electron chi connectivity index (χ4n) is 2.90. The molecule has 1 heterocycles. The number of hydrogen-bond acceptors (Lipinski definition) is 1. The lowest BCUT2D eigenvalue weighted by atomic mass is 9.75. The number of hydrogen-bond donors (Lipinski definition) is 1. The number of rotatable bonds is 10. The van der Waals surface area contributed by atoms with E-state index in [4.69, 9.17) is 11.6 Å². The van der Waals surface area contributed by atoms with Crippen LogP contribution in [0.4, 0.5) is 4.39 Å². The quantitative estimate of drug-likeness (QED) is 0.527. The van der Waals surface area contributed by atoms with Crippen LogP contribution in [-0.4, -0.2) is 10.2 Å². The van der Waals surface area contributed by atoms with Crippen LogP contribution in [0.5, 0.6) is 0 Å². The van der Waals surface area contributed by atoms with Crippen molar-refractivity contribution in [3.05, 3.63) is 16.7 Å². The molecule has 1 atom stereocenters. The lowest BCUT2D eigenvalue weighted by Gasteiger charge is -2.29. The molecule has 20 heavy (non-hydrogen) atoms. The lowest BCUT2D eigenvalue weighted by Crippen LogP contribution is -2.23. The van der Waals surface area contributed by atoms with Gasteiger partial charge < -0.3 is 0 Å². The molecule has 1 unspecified atom stereocenters. The van der Waals surface area contributed by atoms with E-state index in [1.807, 2.05) is 0 Å². The second-order valence-electron chi connectivity index (χ2n) is 6.03. The van der Waals surface area contributed by atoms with Crippen molar-refractivity contribution in [3.63, 3.8) is 0 Å². The smallest absolute Gasteiger partial charge is 0.237 e. The van der Waals surface area contributed by atoms with Crippen molar-refractivity contribution in [2.45, 2.75) is 84.0 Å². The lowest BCUT2D eigenvalue weighted by molar-refractivity contribution is 0.351. The van der Waals surface area contributed by atoms with Gasteiger partial charge in [-0.2, -0.15) is 4.39 Å². The maximum absolute atomic E-state index is 14.0. The van der Waals surface area contributed by atoms with Crippen molar-refractivity contribution in [3.8, 4) is 0 Å². The summed E-state index contributed by atoms with van der Waals surface area (Å²) in [5.41, 5.74) is 0.392. The molecule has 0 amide bonds. The predicted octanol–water partition coefficient (Wildman–Crippen LogP) is 6.01. The summed E-state index contributed by atoms with van der Waals surface area (Å²) in [6.45, 7) is 6.52. The molecule has 0 bridgehead atoms. The minimum atomic E-state index is -0.426. The minimum Gasteiger partial charge on any atom is -0.264 e. The Bertz CT molecular complexity index is 372. The van der Waals surface area contributed by atoms with Gasteiger partial charge in [0.1, 0.15) is 5.15 Å². The number of aromatic nitrogens is 2. The minimum absolute atomic E-state index is 0.197. The first-order chi connectivity index (χ1) is 9.55. The van der Waals surface area contributed by atoms with Gasteiger partial charge in [-0.1, -0.05) is 77.3 Å². The number of nitrogens with one attached hydrogen (secondary N) is 1.